The molecule has 0 spiro atoms. The number of fused-ring (bicyclic) bond motifs is 1. The summed E-state index contributed by atoms with van der Waals surface area (Å²) in [5, 5.41) is 51.8. The third kappa shape index (κ3) is 4.71. The number of anilines is 1. The third-order valence-electron chi connectivity index (χ3n) is 3.86. The smallest absolute Gasteiger partial charge is 0.147 e. The molecular formula is C17H23N3O5. The van der Waals surface area contributed by atoms with Gasteiger partial charge in [0.05, 0.1) is 18.3 Å². The van der Waals surface area contributed by atoms with Crippen LogP contribution in [0.4, 0.5) is 5.82 Å². The lowest BCUT2D eigenvalue weighted by Gasteiger charge is -2.23. The Morgan fingerprint density at radius 3 is 2.52 bits per heavy atom. The van der Waals surface area contributed by atoms with Crippen molar-refractivity contribution in [1.29, 1.82) is 0 Å². The van der Waals surface area contributed by atoms with Gasteiger partial charge in [0.2, 0.25) is 0 Å². The lowest BCUT2D eigenvalue weighted by molar-refractivity contribution is -0.0999. The van der Waals surface area contributed by atoms with Crippen molar-refractivity contribution in [3.8, 4) is 0 Å². The second-order valence-electron chi connectivity index (χ2n) is 5.96. The van der Waals surface area contributed by atoms with Gasteiger partial charge in [-0.15, -0.1) is 0 Å². The molecule has 136 valence electrons. The molecule has 6 N–H and O–H groups in total. The molecular weight excluding hydrogens is 326 g/mol. The van der Waals surface area contributed by atoms with E-state index in [0.29, 0.717) is 5.82 Å². The first kappa shape index (κ1) is 19.2. The molecule has 4 atom stereocenters. The fourth-order valence-corrected chi connectivity index (χ4v) is 2.37. The van der Waals surface area contributed by atoms with Gasteiger partial charge in [0.15, 0.2) is 0 Å². The number of nitrogens with zero attached hydrogens (tertiary/aromatic N) is 2. The van der Waals surface area contributed by atoms with E-state index in [0.717, 1.165) is 28.2 Å². The van der Waals surface area contributed by atoms with Crippen LogP contribution in [0.5, 0.6) is 0 Å². The molecule has 2 rings (SSSR count). The van der Waals surface area contributed by atoms with Crippen LogP contribution < -0.4 is 5.43 Å². The number of aliphatic hydroxyl groups is 5. The van der Waals surface area contributed by atoms with Crippen molar-refractivity contribution in [3.63, 3.8) is 0 Å². The molecule has 1 aromatic heterocycles. The molecule has 25 heavy (non-hydrogen) atoms. The Morgan fingerprint density at radius 1 is 1.12 bits per heavy atom. The van der Waals surface area contributed by atoms with Gasteiger partial charge in [0, 0.05) is 5.39 Å². The summed E-state index contributed by atoms with van der Waals surface area (Å²) in [6.45, 7) is 3.22. The van der Waals surface area contributed by atoms with Gasteiger partial charge in [0.1, 0.15) is 30.2 Å². The molecule has 1 heterocycles. The van der Waals surface area contributed by atoms with Crippen molar-refractivity contribution < 1.29 is 25.5 Å². The Bertz CT molecular complexity index is 752. The van der Waals surface area contributed by atoms with Gasteiger partial charge in [-0.1, -0.05) is 11.6 Å². The van der Waals surface area contributed by atoms with Crippen molar-refractivity contribution in [1.82, 2.24) is 4.98 Å². The predicted octanol–water partition coefficient (Wildman–Crippen LogP) is -0.315. The molecule has 0 saturated heterocycles. The van der Waals surface area contributed by atoms with Gasteiger partial charge >= 0.3 is 0 Å². The van der Waals surface area contributed by atoms with E-state index in [1.807, 2.05) is 32.0 Å². The van der Waals surface area contributed by atoms with E-state index >= 15 is 0 Å². The minimum absolute atomic E-state index is 0.461. The normalized spacial score (nSPS) is 16.8. The molecule has 0 aliphatic heterocycles. The monoisotopic (exact) mass is 349 g/mol. The molecule has 0 amide bonds. The number of nitrogens with one attached hydrogen (secondary N) is 1. The minimum atomic E-state index is -1.70. The van der Waals surface area contributed by atoms with Gasteiger partial charge in [-0.2, -0.15) is 5.10 Å². The van der Waals surface area contributed by atoms with Gasteiger partial charge in [0.25, 0.3) is 0 Å². The fraction of sp³-hybridized carbons (Fsp3) is 0.412. The summed E-state index contributed by atoms with van der Waals surface area (Å²) in [6, 6.07) is 7.69. The Morgan fingerprint density at radius 2 is 1.84 bits per heavy atom. The Balaban J connectivity index is 2.06. The summed E-state index contributed by atoms with van der Waals surface area (Å²) in [5.74, 6) is 0.461. The molecule has 1 aromatic carbocycles. The highest BCUT2D eigenvalue weighted by Crippen LogP contribution is 2.21. The molecule has 0 fully saturated rings. The Kier molecular flexibility index (Phi) is 6.40. The van der Waals surface area contributed by atoms with Crippen LogP contribution in [-0.2, 0) is 0 Å². The van der Waals surface area contributed by atoms with Crippen LogP contribution in [0.25, 0.3) is 10.9 Å². The number of aromatic nitrogens is 1. The van der Waals surface area contributed by atoms with Crippen LogP contribution in [0.3, 0.4) is 0 Å². The summed E-state index contributed by atoms with van der Waals surface area (Å²) in [4.78, 5) is 4.40. The van der Waals surface area contributed by atoms with Crippen LogP contribution in [0, 0.1) is 13.8 Å². The predicted molar refractivity (Wildman–Crippen MR) is 94.4 cm³/mol. The number of benzene rings is 1. The molecule has 0 aliphatic carbocycles. The van der Waals surface area contributed by atoms with Gasteiger partial charge in [-0.25, -0.2) is 4.98 Å². The first-order valence-corrected chi connectivity index (χ1v) is 7.84. The molecule has 0 bridgehead atoms. The minimum Gasteiger partial charge on any atom is -0.394 e. The zero-order valence-electron chi connectivity index (χ0n) is 14.0. The van der Waals surface area contributed by atoms with Crippen LogP contribution in [-0.4, -0.2) is 67.8 Å². The van der Waals surface area contributed by atoms with E-state index < -0.39 is 31.0 Å². The summed E-state index contributed by atoms with van der Waals surface area (Å²) in [7, 11) is 0. The highest BCUT2D eigenvalue weighted by molar-refractivity contribution is 5.84. The molecule has 8 heteroatoms. The number of aryl methyl sites for hydroxylation is 2. The van der Waals surface area contributed by atoms with Gasteiger partial charge in [-0.3, -0.25) is 5.43 Å². The molecule has 8 nitrogen and oxygen atoms in total. The second-order valence-corrected chi connectivity index (χ2v) is 5.96. The molecule has 0 aliphatic rings. The van der Waals surface area contributed by atoms with Crippen molar-refractivity contribution >= 4 is 22.9 Å². The maximum atomic E-state index is 9.75. The van der Waals surface area contributed by atoms with Crippen LogP contribution in [0.15, 0.2) is 29.4 Å². The van der Waals surface area contributed by atoms with Crippen molar-refractivity contribution in [2.45, 2.75) is 38.3 Å². The zero-order chi connectivity index (χ0) is 18.6. The highest BCUT2D eigenvalue weighted by Gasteiger charge is 2.29. The van der Waals surface area contributed by atoms with Crippen molar-refractivity contribution in [2.75, 3.05) is 12.0 Å². The molecule has 0 saturated carbocycles. The lowest BCUT2D eigenvalue weighted by Crippen LogP contribution is -2.46. The van der Waals surface area contributed by atoms with Crippen LogP contribution >= 0.6 is 0 Å². The number of rotatable bonds is 7. The number of aliphatic hydroxyl groups excluding tert-OH is 5. The van der Waals surface area contributed by atoms with Gasteiger partial charge in [-0.05, 0) is 37.6 Å². The van der Waals surface area contributed by atoms with E-state index in [-0.39, 0.29) is 0 Å². The maximum Gasteiger partial charge on any atom is 0.147 e. The number of pyridine rings is 1. The molecule has 2 aromatic rings. The van der Waals surface area contributed by atoms with Crippen molar-refractivity contribution in [3.05, 3.63) is 35.4 Å². The average molecular weight is 349 g/mol. The standard InChI is InChI=1S/C17H23N3O5/c1-9-3-4-12-11(5-9)10(2)6-15(19-12)20-18-7-13(22)16(24)17(25)14(23)8-21/h3-7,13-14,16-17,21-25H,8H2,1-2H3,(H,19,20)/b18-7+/t13-,14+,16+,17+/m0/s1. The second kappa shape index (κ2) is 8.32. The van der Waals surface area contributed by atoms with Crippen molar-refractivity contribution in [2.24, 2.45) is 5.10 Å². The van der Waals surface area contributed by atoms with E-state index in [1.165, 1.54) is 0 Å². The molecule has 0 radical (unpaired) electrons. The Hall–Kier alpha value is -2.10. The first-order chi connectivity index (χ1) is 11.8. The number of hydrogen-bond acceptors (Lipinski definition) is 8. The molecule has 0 unspecified atom stereocenters. The van der Waals surface area contributed by atoms with Crippen LogP contribution in [0.2, 0.25) is 0 Å². The summed E-state index contributed by atoms with van der Waals surface area (Å²) < 4.78 is 0. The van der Waals surface area contributed by atoms with Gasteiger partial charge < -0.3 is 25.5 Å². The van der Waals surface area contributed by atoms with E-state index in [1.54, 1.807) is 6.07 Å². The first-order valence-electron chi connectivity index (χ1n) is 7.84. The highest BCUT2D eigenvalue weighted by atomic mass is 16.4. The largest absolute Gasteiger partial charge is 0.394 e. The quantitative estimate of drug-likeness (QED) is 0.298. The maximum absolute atomic E-state index is 9.75. The Labute approximate surface area is 145 Å². The van der Waals surface area contributed by atoms with E-state index in [4.69, 9.17) is 5.11 Å². The SMILES string of the molecule is Cc1ccc2nc(N/N=C/[C@H](O)[C@@H](O)[C@H](O)[C@H](O)CO)cc(C)c2c1. The lowest BCUT2D eigenvalue weighted by atomic mass is 10.0. The summed E-state index contributed by atoms with van der Waals surface area (Å²) >= 11 is 0. The summed E-state index contributed by atoms with van der Waals surface area (Å²) in [5.41, 5.74) is 5.59. The number of hydrazone groups is 1. The van der Waals surface area contributed by atoms with E-state index in [2.05, 4.69) is 15.5 Å². The summed E-state index contributed by atoms with van der Waals surface area (Å²) in [6.07, 6.45) is -5.50. The van der Waals surface area contributed by atoms with Crippen LogP contribution in [0.1, 0.15) is 11.1 Å². The zero-order valence-corrected chi connectivity index (χ0v) is 14.0. The average Bonchev–Trinajstić information content (AvgIpc) is 2.60. The van der Waals surface area contributed by atoms with E-state index in [9.17, 15) is 20.4 Å². The fourth-order valence-electron chi connectivity index (χ4n) is 2.37. The topological polar surface area (TPSA) is 138 Å². The third-order valence-corrected chi connectivity index (χ3v) is 3.86. The number of hydrogen-bond donors (Lipinski definition) is 6.